The van der Waals surface area contributed by atoms with Gasteiger partial charge in [-0.3, -0.25) is 4.79 Å². The SMILES string of the molecule is CC(C)[C@H]1CC[C@H]2CNc3ccccc3C(=O)N21. The molecule has 1 saturated heterocycles. The van der Waals surface area contributed by atoms with Crippen LogP contribution in [0.5, 0.6) is 0 Å². The molecule has 2 aliphatic rings. The Morgan fingerprint density at radius 2 is 2.06 bits per heavy atom. The number of carbonyl (C=O) groups excluding carboxylic acids is 1. The van der Waals surface area contributed by atoms with Crippen molar-refractivity contribution in [2.45, 2.75) is 38.8 Å². The van der Waals surface area contributed by atoms with Gasteiger partial charge in [0.1, 0.15) is 0 Å². The zero-order valence-electron chi connectivity index (χ0n) is 11.0. The van der Waals surface area contributed by atoms with Gasteiger partial charge in [0.2, 0.25) is 0 Å². The fraction of sp³-hybridized carbons (Fsp3) is 0.533. The molecule has 0 aliphatic carbocycles. The molecule has 0 bridgehead atoms. The van der Waals surface area contributed by atoms with Crippen molar-refractivity contribution >= 4 is 11.6 Å². The summed E-state index contributed by atoms with van der Waals surface area (Å²) in [4.78, 5) is 14.8. The van der Waals surface area contributed by atoms with E-state index in [1.807, 2.05) is 24.3 Å². The van der Waals surface area contributed by atoms with Gasteiger partial charge < -0.3 is 10.2 Å². The minimum Gasteiger partial charge on any atom is -0.382 e. The van der Waals surface area contributed by atoms with Crippen LogP contribution in [0.15, 0.2) is 24.3 Å². The molecule has 0 spiro atoms. The van der Waals surface area contributed by atoms with E-state index < -0.39 is 0 Å². The molecule has 0 saturated carbocycles. The van der Waals surface area contributed by atoms with Crippen LogP contribution in [0.4, 0.5) is 5.69 Å². The molecule has 0 unspecified atom stereocenters. The molecular weight excluding hydrogens is 224 g/mol. The zero-order valence-corrected chi connectivity index (χ0v) is 11.0. The first-order valence-electron chi connectivity index (χ1n) is 6.84. The van der Waals surface area contributed by atoms with Crippen LogP contribution in [0, 0.1) is 5.92 Å². The molecule has 3 nitrogen and oxygen atoms in total. The number of hydrogen-bond acceptors (Lipinski definition) is 2. The summed E-state index contributed by atoms with van der Waals surface area (Å²) in [6.45, 7) is 5.31. The average molecular weight is 244 g/mol. The van der Waals surface area contributed by atoms with Crippen molar-refractivity contribution in [3.8, 4) is 0 Å². The van der Waals surface area contributed by atoms with E-state index in [1.165, 1.54) is 0 Å². The van der Waals surface area contributed by atoms with Crippen LogP contribution in [-0.2, 0) is 0 Å². The van der Waals surface area contributed by atoms with Crippen LogP contribution in [0.25, 0.3) is 0 Å². The van der Waals surface area contributed by atoms with Gasteiger partial charge in [-0.05, 0) is 30.9 Å². The first-order valence-corrected chi connectivity index (χ1v) is 6.84. The van der Waals surface area contributed by atoms with Gasteiger partial charge in [-0.1, -0.05) is 26.0 Å². The predicted molar refractivity (Wildman–Crippen MR) is 72.7 cm³/mol. The lowest BCUT2D eigenvalue weighted by Crippen LogP contribution is -2.44. The largest absolute Gasteiger partial charge is 0.382 e. The highest BCUT2D eigenvalue weighted by Gasteiger charge is 2.40. The molecule has 1 fully saturated rings. The lowest BCUT2D eigenvalue weighted by molar-refractivity contribution is 0.0641. The van der Waals surface area contributed by atoms with Gasteiger partial charge in [0.15, 0.2) is 0 Å². The maximum atomic E-state index is 12.7. The number of benzene rings is 1. The third-order valence-corrected chi connectivity index (χ3v) is 4.24. The third kappa shape index (κ3) is 1.69. The van der Waals surface area contributed by atoms with Crippen LogP contribution in [0.3, 0.4) is 0 Å². The first-order chi connectivity index (χ1) is 8.68. The van der Waals surface area contributed by atoms with Crippen molar-refractivity contribution in [1.29, 1.82) is 0 Å². The molecule has 0 aromatic heterocycles. The topological polar surface area (TPSA) is 32.3 Å². The van der Waals surface area contributed by atoms with Gasteiger partial charge in [0, 0.05) is 24.3 Å². The van der Waals surface area contributed by atoms with Gasteiger partial charge in [0.25, 0.3) is 5.91 Å². The van der Waals surface area contributed by atoms with Crippen molar-refractivity contribution in [1.82, 2.24) is 4.90 Å². The van der Waals surface area contributed by atoms with Crippen LogP contribution in [-0.4, -0.2) is 29.4 Å². The van der Waals surface area contributed by atoms with Crippen LogP contribution >= 0.6 is 0 Å². The number of fused-ring (bicyclic) bond motifs is 2. The summed E-state index contributed by atoms with van der Waals surface area (Å²) < 4.78 is 0. The number of amides is 1. The quantitative estimate of drug-likeness (QED) is 0.824. The van der Waals surface area contributed by atoms with Crippen LogP contribution in [0.2, 0.25) is 0 Å². The number of rotatable bonds is 1. The molecule has 1 amide bonds. The molecule has 1 N–H and O–H groups in total. The van der Waals surface area contributed by atoms with E-state index in [9.17, 15) is 4.79 Å². The Bertz CT molecular complexity index is 469. The summed E-state index contributed by atoms with van der Waals surface area (Å²) in [5, 5.41) is 3.42. The molecule has 3 rings (SSSR count). The fourth-order valence-corrected chi connectivity index (χ4v) is 3.27. The molecule has 3 heteroatoms. The molecule has 2 atom stereocenters. The second kappa shape index (κ2) is 4.30. The smallest absolute Gasteiger partial charge is 0.256 e. The molecule has 1 aromatic rings. The third-order valence-electron chi connectivity index (χ3n) is 4.24. The number of nitrogens with one attached hydrogen (secondary N) is 1. The highest BCUT2D eigenvalue weighted by atomic mass is 16.2. The number of hydrogen-bond donors (Lipinski definition) is 1. The molecular formula is C15H20N2O. The van der Waals surface area contributed by atoms with Gasteiger partial charge in [-0.25, -0.2) is 0 Å². The van der Waals surface area contributed by atoms with Crippen molar-refractivity contribution in [3.63, 3.8) is 0 Å². The number of nitrogens with zero attached hydrogens (tertiary/aromatic N) is 1. The van der Waals surface area contributed by atoms with E-state index in [2.05, 4.69) is 24.1 Å². The first kappa shape index (κ1) is 11.6. The average Bonchev–Trinajstić information content (AvgIpc) is 2.74. The maximum Gasteiger partial charge on any atom is 0.256 e. The van der Waals surface area contributed by atoms with Crippen molar-refractivity contribution in [2.75, 3.05) is 11.9 Å². The van der Waals surface area contributed by atoms with E-state index >= 15 is 0 Å². The minimum absolute atomic E-state index is 0.205. The minimum atomic E-state index is 0.205. The van der Waals surface area contributed by atoms with Crippen molar-refractivity contribution < 1.29 is 4.79 Å². The lowest BCUT2D eigenvalue weighted by Gasteiger charge is -2.31. The molecule has 2 heterocycles. The van der Waals surface area contributed by atoms with E-state index in [-0.39, 0.29) is 5.91 Å². The summed E-state index contributed by atoms with van der Waals surface area (Å²) in [5.74, 6) is 0.737. The van der Waals surface area contributed by atoms with Crippen LogP contribution in [0.1, 0.15) is 37.0 Å². The summed E-state index contributed by atoms with van der Waals surface area (Å²) in [6, 6.07) is 8.62. The van der Waals surface area contributed by atoms with Crippen molar-refractivity contribution in [2.24, 2.45) is 5.92 Å². The molecule has 2 aliphatic heterocycles. The summed E-state index contributed by atoms with van der Waals surface area (Å²) in [7, 11) is 0. The summed E-state index contributed by atoms with van der Waals surface area (Å²) in [5.41, 5.74) is 1.81. The molecule has 18 heavy (non-hydrogen) atoms. The summed E-state index contributed by atoms with van der Waals surface area (Å²) >= 11 is 0. The number of anilines is 1. The Morgan fingerprint density at radius 3 is 2.83 bits per heavy atom. The maximum absolute atomic E-state index is 12.7. The van der Waals surface area contributed by atoms with E-state index in [0.29, 0.717) is 18.0 Å². The van der Waals surface area contributed by atoms with Crippen LogP contribution < -0.4 is 5.32 Å². The second-order valence-electron chi connectivity index (χ2n) is 5.68. The summed E-state index contributed by atoms with van der Waals surface area (Å²) in [6.07, 6.45) is 2.26. The second-order valence-corrected chi connectivity index (χ2v) is 5.68. The standard InChI is InChI=1S/C15H20N2O/c1-10(2)14-8-7-11-9-16-13-6-4-3-5-12(13)15(18)17(11)14/h3-6,10-11,14,16H,7-9H2,1-2H3/t11-,14+/m0/s1. The predicted octanol–water partition coefficient (Wildman–Crippen LogP) is 2.74. The molecule has 1 aromatic carbocycles. The zero-order chi connectivity index (χ0) is 12.7. The van der Waals surface area contributed by atoms with Gasteiger partial charge in [-0.2, -0.15) is 0 Å². The van der Waals surface area contributed by atoms with Gasteiger partial charge >= 0.3 is 0 Å². The highest BCUT2D eigenvalue weighted by Crippen LogP contribution is 2.34. The normalized spacial score (nSPS) is 26.6. The van der Waals surface area contributed by atoms with Gasteiger partial charge in [0.05, 0.1) is 5.56 Å². The fourth-order valence-electron chi connectivity index (χ4n) is 3.27. The Morgan fingerprint density at radius 1 is 1.28 bits per heavy atom. The van der Waals surface area contributed by atoms with E-state index in [1.54, 1.807) is 0 Å². The highest BCUT2D eigenvalue weighted by molar-refractivity contribution is 6.00. The molecule has 0 radical (unpaired) electrons. The Kier molecular flexibility index (Phi) is 2.77. The van der Waals surface area contributed by atoms with E-state index in [0.717, 1.165) is 30.6 Å². The monoisotopic (exact) mass is 244 g/mol. The van der Waals surface area contributed by atoms with Crippen molar-refractivity contribution in [3.05, 3.63) is 29.8 Å². The van der Waals surface area contributed by atoms with E-state index in [4.69, 9.17) is 0 Å². The Labute approximate surface area is 108 Å². The van der Waals surface area contributed by atoms with Gasteiger partial charge in [-0.15, -0.1) is 0 Å². The Balaban J connectivity index is 2.00. The number of para-hydroxylation sites is 1. The number of carbonyl (C=O) groups is 1. The molecule has 96 valence electrons. The Hall–Kier alpha value is -1.51. The lowest BCUT2D eigenvalue weighted by atomic mass is 10.0.